The summed E-state index contributed by atoms with van der Waals surface area (Å²) in [6, 6.07) is 12.1. The van der Waals surface area contributed by atoms with Gasteiger partial charge in [0.1, 0.15) is 0 Å². The van der Waals surface area contributed by atoms with Crippen molar-refractivity contribution in [3.05, 3.63) is 69.7 Å². The number of hydrogen-bond acceptors (Lipinski definition) is 5. The minimum absolute atomic E-state index is 0.105. The van der Waals surface area contributed by atoms with E-state index >= 15 is 0 Å². The lowest BCUT2D eigenvalue weighted by Crippen LogP contribution is -2.07. The molecule has 1 N–H and O–H groups in total. The second-order valence-electron chi connectivity index (χ2n) is 5.00. The Bertz CT molecular complexity index is 805. The summed E-state index contributed by atoms with van der Waals surface area (Å²) in [6.07, 6.45) is 3.72. The minimum Gasteiger partial charge on any atom is -0.407 e. The molecule has 0 spiro atoms. The highest BCUT2D eigenvalue weighted by atomic mass is 32.1. The predicted molar refractivity (Wildman–Crippen MR) is 90.3 cm³/mol. The van der Waals surface area contributed by atoms with Gasteiger partial charge < -0.3 is 4.42 Å². The highest BCUT2D eigenvalue weighted by Gasteiger charge is 2.08. The van der Waals surface area contributed by atoms with E-state index in [1.807, 2.05) is 48.7 Å². The Kier molecular flexibility index (Phi) is 4.63. The van der Waals surface area contributed by atoms with Crippen molar-refractivity contribution in [3.8, 4) is 0 Å². The van der Waals surface area contributed by atoms with Gasteiger partial charge in [-0.1, -0.05) is 41.0 Å². The monoisotopic (exact) mass is 325 g/mol. The zero-order valence-electron chi connectivity index (χ0n) is 12.5. The van der Waals surface area contributed by atoms with Crippen LogP contribution in [0.25, 0.3) is 6.08 Å². The van der Waals surface area contributed by atoms with Crippen molar-refractivity contribution in [1.82, 2.24) is 10.2 Å². The van der Waals surface area contributed by atoms with E-state index in [0.29, 0.717) is 12.3 Å². The summed E-state index contributed by atoms with van der Waals surface area (Å²) >= 11 is 1.56. The fourth-order valence-corrected chi connectivity index (χ4v) is 2.57. The molecule has 0 aliphatic carbocycles. The Hall–Kier alpha value is -2.73. The summed E-state index contributed by atoms with van der Waals surface area (Å²) in [5.74, 6) is 0.162. The van der Waals surface area contributed by atoms with Crippen molar-refractivity contribution < 1.29 is 9.21 Å². The van der Waals surface area contributed by atoms with Gasteiger partial charge in [0, 0.05) is 11.0 Å². The molecular formula is C17H15N3O2S. The molecule has 2 aromatic heterocycles. The first-order chi connectivity index (χ1) is 11.2. The molecule has 2 heterocycles. The molecule has 5 nitrogen and oxygen atoms in total. The van der Waals surface area contributed by atoms with Crippen LogP contribution in [0.4, 0.5) is 6.01 Å². The topological polar surface area (TPSA) is 68.0 Å². The van der Waals surface area contributed by atoms with E-state index in [4.69, 9.17) is 4.42 Å². The molecule has 0 aliphatic heterocycles. The van der Waals surface area contributed by atoms with Crippen LogP contribution in [-0.4, -0.2) is 16.1 Å². The van der Waals surface area contributed by atoms with Gasteiger partial charge in [0.2, 0.25) is 5.89 Å². The number of carbonyl (C=O) groups is 1. The first-order valence-electron chi connectivity index (χ1n) is 7.09. The highest BCUT2D eigenvalue weighted by molar-refractivity contribution is 7.10. The number of nitrogens with zero attached hydrogens (tertiary/aromatic N) is 2. The fourth-order valence-electron chi connectivity index (χ4n) is 1.95. The van der Waals surface area contributed by atoms with E-state index in [0.717, 1.165) is 10.4 Å². The minimum atomic E-state index is -0.302. The quantitative estimate of drug-likeness (QED) is 0.727. The van der Waals surface area contributed by atoms with Crippen molar-refractivity contribution in [2.24, 2.45) is 0 Å². The summed E-state index contributed by atoms with van der Waals surface area (Å²) in [5.41, 5.74) is 2.28. The molecule has 0 aliphatic rings. The molecule has 0 saturated heterocycles. The molecule has 1 aromatic carbocycles. The third kappa shape index (κ3) is 4.37. The summed E-state index contributed by atoms with van der Waals surface area (Å²) in [6.45, 7) is 2.04. The van der Waals surface area contributed by atoms with Gasteiger partial charge >= 0.3 is 6.01 Å². The molecule has 3 aromatic rings. The van der Waals surface area contributed by atoms with Crippen molar-refractivity contribution in [1.29, 1.82) is 0 Å². The summed E-state index contributed by atoms with van der Waals surface area (Å²) < 4.78 is 5.44. The SMILES string of the molecule is Cc1ccc(Cc2nnc(NC(=O)/C=C/c3cccs3)o2)cc1. The second kappa shape index (κ2) is 7.02. The summed E-state index contributed by atoms with van der Waals surface area (Å²) in [4.78, 5) is 12.8. The molecule has 3 rings (SSSR count). The molecule has 0 bridgehead atoms. The number of thiophene rings is 1. The molecule has 0 atom stereocenters. The number of carbonyl (C=O) groups excluding carboxylic acids is 1. The first-order valence-corrected chi connectivity index (χ1v) is 7.97. The van der Waals surface area contributed by atoms with Gasteiger partial charge in [-0.05, 0) is 30.0 Å². The van der Waals surface area contributed by atoms with Crippen LogP contribution in [-0.2, 0) is 11.2 Å². The molecule has 6 heteroatoms. The number of hydrogen-bond donors (Lipinski definition) is 1. The van der Waals surface area contributed by atoms with E-state index in [1.165, 1.54) is 11.6 Å². The highest BCUT2D eigenvalue weighted by Crippen LogP contribution is 2.13. The lowest BCUT2D eigenvalue weighted by Gasteiger charge is -1.97. The number of aryl methyl sites for hydroxylation is 1. The second-order valence-corrected chi connectivity index (χ2v) is 5.98. The molecule has 0 saturated carbocycles. The Morgan fingerprint density at radius 3 is 2.83 bits per heavy atom. The lowest BCUT2D eigenvalue weighted by atomic mass is 10.1. The van der Waals surface area contributed by atoms with Gasteiger partial charge in [0.05, 0.1) is 6.42 Å². The van der Waals surface area contributed by atoms with Crippen LogP contribution in [0.15, 0.2) is 52.3 Å². The van der Waals surface area contributed by atoms with Gasteiger partial charge in [0.15, 0.2) is 0 Å². The van der Waals surface area contributed by atoms with Gasteiger partial charge in [-0.15, -0.1) is 16.4 Å². The van der Waals surface area contributed by atoms with E-state index in [9.17, 15) is 4.79 Å². The maximum Gasteiger partial charge on any atom is 0.322 e. The third-order valence-corrected chi connectivity index (χ3v) is 3.95. The summed E-state index contributed by atoms with van der Waals surface area (Å²) in [7, 11) is 0. The number of benzene rings is 1. The van der Waals surface area contributed by atoms with Crippen LogP contribution < -0.4 is 5.32 Å². The van der Waals surface area contributed by atoms with Crippen LogP contribution in [0, 0.1) is 6.92 Å². The van der Waals surface area contributed by atoms with Crippen molar-refractivity contribution >= 4 is 29.3 Å². The molecule has 0 radical (unpaired) electrons. The Labute approximate surface area is 137 Å². The van der Waals surface area contributed by atoms with Crippen LogP contribution in [0.2, 0.25) is 0 Å². The van der Waals surface area contributed by atoms with Gasteiger partial charge in [-0.3, -0.25) is 10.1 Å². The average molecular weight is 325 g/mol. The van der Waals surface area contributed by atoms with E-state index < -0.39 is 0 Å². The van der Waals surface area contributed by atoms with E-state index in [1.54, 1.807) is 17.4 Å². The van der Waals surface area contributed by atoms with Gasteiger partial charge in [0.25, 0.3) is 5.91 Å². The zero-order chi connectivity index (χ0) is 16.1. The molecule has 116 valence electrons. The Balaban J connectivity index is 1.58. The first kappa shape index (κ1) is 15.2. The molecular weight excluding hydrogens is 310 g/mol. The standard InChI is InChI=1S/C17H15N3O2S/c1-12-4-6-13(7-5-12)11-16-19-20-17(22-16)18-15(21)9-8-14-3-2-10-23-14/h2-10H,11H2,1H3,(H,18,20,21)/b9-8+. The predicted octanol–water partition coefficient (Wildman–Crippen LogP) is 3.68. The van der Waals surface area contributed by atoms with E-state index in [-0.39, 0.29) is 11.9 Å². The number of anilines is 1. The molecule has 23 heavy (non-hydrogen) atoms. The molecule has 1 amide bonds. The average Bonchev–Trinajstić information content (AvgIpc) is 3.20. The lowest BCUT2D eigenvalue weighted by molar-refractivity contribution is -0.112. The van der Waals surface area contributed by atoms with Gasteiger partial charge in [-0.2, -0.15) is 0 Å². The van der Waals surface area contributed by atoms with Crippen LogP contribution >= 0.6 is 11.3 Å². The Morgan fingerprint density at radius 2 is 2.09 bits per heavy atom. The zero-order valence-corrected chi connectivity index (χ0v) is 13.3. The van der Waals surface area contributed by atoms with Crippen molar-refractivity contribution in [2.45, 2.75) is 13.3 Å². The maximum absolute atomic E-state index is 11.8. The maximum atomic E-state index is 11.8. The van der Waals surface area contributed by atoms with Crippen LogP contribution in [0.5, 0.6) is 0 Å². The van der Waals surface area contributed by atoms with Crippen LogP contribution in [0.3, 0.4) is 0 Å². The normalized spacial score (nSPS) is 11.0. The largest absolute Gasteiger partial charge is 0.407 e. The van der Waals surface area contributed by atoms with Crippen molar-refractivity contribution in [3.63, 3.8) is 0 Å². The number of rotatable bonds is 5. The Morgan fingerprint density at radius 1 is 1.26 bits per heavy atom. The smallest absolute Gasteiger partial charge is 0.322 e. The van der Waals surface area contributed by atoms with Crippen LogP contribution in [0.1, 0.15) is 21.9 Å². The number of amides is 1. The summed E-state index contributed by atoms with van der Waals surface area (Å²) in [5, 5.41) is 12.3. The van der Waals surface area contributed by atoms with Crippen molar-refractivity contribution in [2.75, 3.05) is 5.32 Å². The number of nitrogens with one attached hydrogen (secondary N) is 1. The van der Waals surface area contributed by atoms with E-state index in [2.05, 4.69) is 15.5 Å². The third-order valence-electron chi connectivity index (χ3n) is 3.12. The number of aromatic nitrogens is 2. The molecule has 0 unspecified atom stereocenters. The van der Waals surface area contributed by atoms with Gasteiger partial charge in [-0.25, -0.2) is 0 Å². The fraction of sp³-hybridized carbons (Fsp3) is 0.118. The molecule has 0 fully saturated rings.